The first-order valence-corrected chi connectivity index (χ1v) is 6.20. The molecule has 3 rings (SSSR count). The molecule has 0 fully saturated rings. The van der Waals surface area contributed by atoms with Crippen LogP contribution in [0, 0.1) is 6.92 Å². The average molecular weight is 249 g/mol. The maximum Gasteiger partial charge on any atom is 0.0618 e. The maximum atomic E-state index is 6.04. The van der Waals surface area contributed by atoms with Crippen LogP contribution in [0.5, 0.6) is 0 Å². The number of fused-ring (bicyclic) bond motifs is 1. The fourth-order valence-corrected chi connectivity index (χ4v) is 2.17. The van der Waals surface area contributed by atoms with Crippen molar-refractivity contribution in [2.45, 2.75) is 6.92 Å². The van der Waals surface area contributed by atoms with Crippen molar-refractivity contribution in [3.8, 4) is 0 Å². The van der Waals surface area contributed by atoms with E-state index in [1.54, 1.807) is 6.20 Å². The van der Waals surface area contributed by atoms with Crippen molar-refractivity contribution in [1.29, 1.82) is 0 Å². The van der Waals surface area contributed by atoms with Crippen LogP contribution < -0.4 is 11.1 Å². The first kappa shape index (κ1) is 11.5. The van der Waals surface area contributed by atoms with Gasteiger partial charge in [-0.15, -0.1) is 0 Å². The molecular weight excluding hydrogens is 234 g/mol. The molecule has 19 heavy (non-hydrogen) atoms. The number of benzene rings is 2. The molecule has 0 aliphatic rings. The van der Waals surface area contributed by atoms with Gasteiger partial charge in [0.2, 0.25) is 0 Å². The number of nitrogens with two attached hydrogens (primary N) is 1. The lowest BCUT2D eigenvalue weighted by atomic mass is 10.1. The van der Waals surface area contributed by atoms with Crippen LogP contribution in [0.25, 0.3) is 10.8 Å². The van der Waals surface area contributed by atoms with E-state index in [1.807, 2.05) is 55.6 Å². The van der Waals surface area contributed by atoms with Crippen molar-refractivity contribution in [3.05, 3.63) is 60.4 Å². The molecule has 0 amide bonds. The summed E-state index contributed by atoms with van der Waals surface area (Å²) in [7, 11) is 0. The Kier molecular flexibility index (Phi) is 2.80. The van der Waals surface area contributed by atoms with Crippen molar-refractivity contribution >= 4 is 27.8 Å². The Bertz CT molecular complexity index is 730. The summed E-state index contributed by atoms with van der Waals surface area (Å²) in [5.74, 6) is 0. The van der Waals surface area contributed by atoms with Crippen molar-refractivity contribution in [3.63, 3.8) is 0 Å². The number of aryl methyl sites for hydroxylation is 1. The molecule has 0 aliphatic carbocycles. The maximum absolute atomic E-state index is 6.04. The van der Waals surface area contributed by atoms with Crippen molar-refractivity contribution in [1.82, 2.24) is 4.98 Å². The number of hydrogen-bond donors (Lipinski definition) is 2. The van der Waals surface area contributed by atoms with E-state index >= 15 is 0 Å². The van der Waals surface area contributed by atoms with Gasteiger partial charge in [0.15, 0.2) is 0 Å². The van der Waals surface area contributed by atoms with E-state index in [1.165, 1.54) is 0 Å². The molecule has 1 heterocycles. The Labute approximate surface area is 112 Å². The first-order chi connectivity index (χ1) is 9.24. The molecule has 94 valence electrons. The number of anilines is 3. The van der Waals surface area contributed by atoms with Gasteiger partial charge in [-0.3, -0.25) is 4.98 Å². The average Bonchev–Trinajstić information content (AvgIpc) is 2.42. The van der Waals surface area contributed by atoms with Crippen LogP contribution in [0.15, 0.2) is 54.9 Å². The Morgan fingerprint density at radius 2 is 1.95 bits per heavy atom. The Hall–Kier alpha value is -2.55. The predicted octanol–water partition coefficient (Wildman–Crippen LogP) is 3.87. The Morgan fingerprint density at radius 1 is 1.05 bits per heavy atom. The second-order valence-corrected chi connectivity index (χ2v) is 4.62. The predicted molar refractivity (Wildman–Crippen MR) is 80.6 cm³/mol. The summed E-state index contributed by atoms with van der Waals surface area (Å²) in [6.07, 6.45) is 3.66. The number of rotatable bonds is 2. The molecule has 0 radical (unpaired) electrons. The third-order valence-corrected chi connectivity index (χ3v) is 3.16. The minimum atomic E-state index is 0.756. The number of nitrogen functional groups attached to an aromatic ring is 1. The number of nitrogens with one attached hydrogen (secondary N) is 1. The van der Waals surface area contributed by atoms with E-state index in [4.69, 9.17) is 5.73 Å². The van der Waals surface area contributed by atoms with Gasteiger partial charge in [0.1, 0.15) is 0 Å². The van der Waals surface area contributed by atoms with Gasteiger partial charge in [-0.05, 0) is 36.8 Å². The molecule has 0 saturated heterocycles. The summed E-state index contributed by atoms with van der Waals surface area (Å²) < 4.78 is 0. The summed E-state index contributed by atoms with van der Waals surface area (Å²) in [4.78, 5) is 4.14. The summed E-state index contributed by atoms with van der Waals surface area (Å²) in [5.41, 5.74) is 9.91. The van der Waals surface area contributed by atoms with Crippen molar-refractivity contribution in [2.75, 3.05) is 11.1 Å². The highest BCUT2D eigenvalue weighted by Crippen LogP contribution is 2.28. The Morgan fingerprint density at radius 3 is 2.79 bits per heavy atom. The summed E-state index contributed by atoms with van der Waals surface area (Å²) in [5, 5.41) is 5.64. The summed E-state index contributed by atoms with van der Waals surface area (Å²) in [6.45, 7) is 2.03. The zero-order chi connectivity index (χ0) is 13.2. The number of nitrogens with zero attached hydrogens (tertiary/aromatic N) is 1. The molecular formula is C16H15N3. The summed E-state index contributed by atoms with van der Waals surface area (Å²) in [6, 6.07) is 14.1. The molecule has 0 spiro atoms. The highest BCUT2D eigenvalue weighted by Gasteiger charge is 2.03. The molecule has 3 heteroatoms. The minimum Gasteiger partial charge on any atom is -0.397 e. The standard InChI is InChI=1S/C16H15N3/c1-11-5-6-16(14(17)9-11)19-15-4-2-3-12-10-18-8-7-13(12)15/h2-10,19H,17H2,1H3. The van der Waals surface area contributed by atoms with Crippen LogP contribution >= 0.6 is 0 Å². The number of aromatic nitrogens is 1. The molecule has 0 bridgehead atoms. The lowest BCUT2D eigenvalue weighted by molar-refractivity contribution is 1.36. The molecule has 3 N–H and O–H groups in total. The van der Waals surface area contributed by atoms with Crippen LogP contribution in [0.1, 0.15) is 5.56 Å². The molecule has 3 nitrogen and oxygen atoms in total. The van der Waals surface area contributed by atoms with Crippen LogP contribution in [-0.2, 0) is 0 Å². The monoisotopic (exact) mass is 249 g/mol. The third kappa shape index (κ3) is 2.22. The first-order valence-electron chi connectivity index (χ1n) is 6.20. The lowest BCUT2D eigenvalue weighted by Crippen LogP contribution is -1.97. The van der Waals surface area contributed by atoms with Gasteiger partial charge in [-0.2, -0.15) is 0 Å². The Balaban J connectivity index is 2.06. The van der Waals surface area contributed by atoms with E-state index in [9.17, 15) is 0 Å². The second-order valence-electron chi connectivity index (χ2n) is 4.62. The highest BCUT2D eigenvalue weighted by molar-refractivity contribution is 5.95. The largest absolute Gasteiger partial charge is 0.397 e. The van der Waals surface area contributed by atoms with Gasteiger partial charge in [-0.1, -0.05) is 18.2 Å². The molecule has 1 aromatic heterocycles. The van der Waals surface area contributed by atoms with E-state index in [0.717, 1.165) is 33.4 Å². The fraction of sp³-hybridized carbons (Fsp3) is 0.0625. The highest BCUT2D eigenvalue weighted by atomic mass is 14.9. The molecule has 3 aromatic rings. The quantitative estimate of drug-likeness (QED) is 0.678. The van der Waals surface area contributed by atoms with Crippen LogP contribution in [-0.4, -0.2) is 4.98 Å². The van der Waals surface area contributed by atoms with Gasteiger partial charge in [0.05, 0.1) is 11.4 Å². The molecule has 0 atom stereocenters. The van der Waals surface area contributed by atoms with Crippen molar-refractivity contribution in [2.24, 2.45) is 0 Å². The fourth-order valence-electron chi connectivity index (χ4n) is 2.17. The lowest BCUT2D eigenvalue weighted by Gasteiger charge is -2.12. The van der Waals surface area contributed by atoms with E-state index in [2.05, 4.69) is 10.3 Å². The van der Waals surface area contributed by atoms with Crippen molar-refractivity contribution < 1.29 is 0 Å². The van der Waals surface area contributed by atoms with Gasteiger partial charge in [0.25, 0.3) is 0 Å². The van der Waals surface area contributed by atoms with Gasteiger partial charge < -0.3 is 11.1 Å². The van der Waals surface area contributed by atoms with Gasteiger partial charge >= 0.3 is 0 Å². The van der Waals surface area contributed by atoms with Gasteiger partial charge in [-0.25, -0.2) is 0 Å². The zero-order valence-corrected chi connectivity index (χ0v) is 10.7. The van der Waals surface area contributed by atoms with Gasteiger partial charge in [0, 0.05) is 28.9 Å². The normalized spacial score (nSPS) is 10.6. The van der Waals surface area contributed by atoms with Crippen LogP contribution in [0.2, 0.25) is 0 Å². The second kappa shape index (κ2) is 4.61. The van der Waals surface area contributed by atoms with E-state index < -0.39 is 0 Å². The third-order valence-electron chi connectivity index (χ3n) is 3.16. The topological polar surface area (TPSA) is 50.9 Å². The molecule has 0 aliphatic heterocycles. The van der Waals surface area contributed by atoms with E-state index in [0.29, 0.717) is 0 Å². The molecule has 0 unspecified atom stereocenters. The zero-order valence-electron chi connectivity index (χ0n) is 10.7. The number of pyridine rings is 1. The van der Waals surface area contributed by atoms with Crippen LogP contribution in [0.4, 0.5) is 17.1 Å². The summed E-state index contributed by atoms with van der Waals surface area (Å²) >= 11 is 0. The number of hydrogen-bond acceptors (Lipinski definition) is 3. The molecule has 2 aromatic carbocycles. The smallest absolute Gasteiger partial charge is 0.0618 e. The van der Waals surface area contributed by atoms with Crippen LogP contribution in [0.3, 0.4) is 0 Å². The SMILES string of the molecule is Cc1ccc(Nc2cccc3cnccc23)c(N)c1. The minimum absolute atomic E-state index is 0.756. The van der Waals surface area contributed by atoms with E-state index in [-0.39, 0.29) is 0 Å². The molecule has 0 saturated carbocycles.